The van der Waals surface area contributed by atoms with E-state index in [1.807, 2.05) is 30.3 Å². The molecule has 0 aliphatic carbocycles. The SMILES string of the molecule is CC(=O)N1CC(=O)N(Cc2ccccc2)C1=S. The summed E-state index contributed by atoms with van der Waals surface area (Å²) >= 11 is 5.12. The summed E-state index contributed by atoms with van der Waals surface area (Å²) in [6.07, 6.45) is 0. The number of amides is 2. The lowest BCUT2D eigenvalue weighted by Gasteiger charge is -2.17. The Kier molecular flexibility index (Phi) is 3.19. The quantitative estimate of drug-likeness (QED) is 0.737. The van der Waals surface area contributed by atoms with Gasteiger partial charge in [0.2, 0.25) is 11.8 Å². The van der Waals surface area contributed by atoms with Gasteiger partial charge in [-0.15, -0.1) is 0 Å². The van der Waals surface area contributed by atoms with Gasteiger partial charge in [0.15, 0.2) is 5.11 Å². The highest BCUT2D eigenvalue weighted by molar-refractivity contribution is 7.80. The Morgan fingerprint density at radius 1 is 1.35 bits per heavy atom. The van der Waals surface area contributed by atoms with Crippen molar-refractivity contribution in [3.8, 4) is 0 Å². The third-order valence-corrected chi connectivity index (χ3v) is 3.06. The predicted molar refractivity (Wildman–Crippen MR) is 67.0 cm³/mol. The van der Waals surface area contributed by atoms with Gasteiger partial charge in [0.05, 0.1) is 6.54 Å². The maximum Gasteiger partial charge on any atom is 0.249 e. The van der Waals surface area contributed by atoms with Gasteiger partial charge in [-0.25, -0.2) is 0 Å². The average molecular weight is 248 g/mol. The van der Waals surface area contributed by atoms with Crippen LogP contribution in [0, 0.1) is 0 Å². The molecule has 1 saturated heterocycles. The summed E-state index contributed by atoms with van der Waals surface area (Å²) in [7, 11) is 0. The fourth-order valence-electron chi connectivity index (χ4n) is 1.71. The molecular weight excluding hydrogens is 236 g/mol. The lowest BCUT2D eigenvalue weighted by Crippen LogP contribution is -2.34. The van der Waals surface area contributed by atoms with Gasteiger partial charge in [-0.2, -0.15) is 0 Å². The van der Waals surface area contributed by atoms with Gasteiger partial charge in [0.1, 0.15) is 6.54 Å². The molecule has 0 radical (unpaired) electrons. The van der Waals surface area contributed by atoms with Crippen LogP contribution in [0.4, 0.5) is 0 Å². The highest BCUT2D eigenvalue weighted by Gasteiger charge is 2.34. The summed E-state index contributed by atoms with van der Waals surface area (Å²) < 4.78 is 0. The summed E-state index contributed by atoms with van der Waals surface area (Å²) in [4.78, 5) is 25.8. The van der Waals surface area contributed by atoms with Crippen LogP contribution >= 0.6 is 12.2 Å². The molecule has 0 aromatic heterocycles. The van der Waals surface area contributed by atoms with E-state index in [1.54, 1.807) is 0 Å². The predicted octanol–water partition coefficient (Wildman–Crippen LogP) is 1.16. The third kappa shape index (κ3) is 2.34. The minimum absolute atomic E-state index is 0.0565. The molecule has 88 valence electrons. The van der Waals surface area contributed by atoms with Crippen molar-refractivity contribution >= 4 is 29.1 Å². The second-order valence-electron chi connectivity index (χ2n) is 3.85. The molecule has 0 spiro atoms. The zero-order chi connectivity index (χ0) is 12.4. The molecule has 0 atom stereocenters. The highest BCUT2D eigenvalue weighted by Crippen LogP contribution is 2.14. The number of carbonyl (C=O) groups excluding carboxylic acids is 2. The van der Waals surface area contributed by atoms with Crippen LogP contribution in [-0.2, 0) is 16.1 Å². The molecule has 1 aliphatic rings. The second-order valence-corrected chi connectivity index (χ2v) is 4.22. The first-order valence-electron chi connectivity index (χ1n) is 5.26. The lowest BCUT2D eigenvalue weighted by molar-refractivity contribution is -0.129. The Labute approximate surface area is 105 Å². The van der Waals surface area contributed by atoms with Gasteiger partial charge < -0.3 is 0 Å². The number of nitrogens with zero attached hydrogens (tertiary/aromatic N) is 2. The first kappa shape index (κ1) is 11.7. The third-order valence-electron chi connectivity index (χ3n) is 2.62. The van der Waals surface area contributed by atoms with Gasteiger partial charge in [-0.3, -0.25) is 19.4 Å². The lowest BCUT2D eigenvalue weighted by atomic mass is 10.2. The van der Waals surface area contributed by atoms with Gasteiger partial charge in [-0.1, -0.05) is 30.3 Å². The van der Waals surface area contributed by atoms with Gasteiger partial charge in [0.25, 0.3) is 0 Å². The van der Waals surface area contributed by atoms with Gasteiger partial charge in [-0.05, 0) is 17.8 Å². The van der Waals surface area contributed by atoms with Gasteiger partial charge >= 0.3 is 0 Å². The fraction of sp³-hybridized carbons (Fsp3) is 0.250. The second kappa shape index (κ2) is 4.63. The number of carbonyl (C=O) groups is 2. The minimum Gasteiger partial charge on any atom is -0.283 e. The zero-order valence-electron chi connectivity index (χ0n) is 9.42. The van der Waals surface area contributed by atoms with Crippen LogP contribution in [-0.4, -0.2) is 33.3 Å². The molecule has 1 aromatic carbocycles. The van der Waals surface area contributed by atoms with Crippen molar-refractivity contribution in [2.75, 3.05) is 6.54 Å². The van der Waals surface area contributed by atoms with E-state index >= 15 is 0 Å². The monoisotopic (exact) mass is 248 g/mol. The number of hydrogen-bond donors (Lipinski definition) is 0. The Morgan fingerprint density at radius 2 is 2.00 bits per heavy atom. The largest absolute Gasteiger partial charge is 0.283 e. The topological polar surface area (TPSA) is 40.6 Å². The molecule has 4 nitrogen and oxygen atoms in total. The Hall–Kier alpha value is -1.75. The van der Waals surface area contributed by atoms with Crippen LogP contribution in [0.25, 0.3) is 0 Å². The van der Waals surface area contributed by atoms with Gasteiger partial charge in [0, 0.05) is 6.92 Å². The number of hydrogen-bond acceptors (Lipinski definition) is 3. The van der Waals surface area contributed by atoms with E-state index in [9.17, 15) is 9.59 Å². The van der Waals surface area contributed by atoms with Crippen molar-refractivity contribution in [1.29, 1.82) is 0 Å². The van der Waals surface area contributed by atoms with E-state index in [4.69, 9.17) is 12.2 Å². The number of thiocarbonyl (C=S) groups is 1. The molecule has 1 aromatic rings. The minimum atomic E-state index is -0.195. The van der Waals surface area contributed by atoms with Crippen LogP contribution in [0.1, 0.15) is 12.5 Å². The van der Waals surface area contributed by atoms with Crippen molar-refractivity contribution in [2.45, 2.75) is 13.5 Å². The van der Waals surface area contributed by atoms with E-state index in [0.29, 0.717) is 11.7 Å². The van der Waals surface area contributed by atoms with Crippen LogP contribution in [0.3, 0.4) is 0 Å². The molecule has 0 unspecified atom stereocenters. The van der Waals surface area contributed by atoms with E-state index in [-0.39, 0.29) is 18.4 Å². The van der Waals surface area contributed by atoms with Crippen molar-refractivity contribution in [3.63, 3.8) is 0 Å². The van der Waals surface area contributed by atoms with Crippen molar-refractivity contribution < 1.29 is 9.59 Å². The Balaban J connectivity index is 2.15. The van der Waals surface area contributed by atoms with Crippen molar-refractivity contribution in [2.24, 2.45) is 0 Å². The van der Waals surface area contributed by atoms with E-state index in [2.05, 4.69) is 0 Å². The molecular formula is C12H12N2O2S. The average Bonchev–Trinajstić information content (AvgIpc) is 2.58. The van der Waals surface area contributed by atoms with Crippen LogP contribution in [0.2, 0.25) is 0 Å². The normalized spacial score (nSPS) is 15.6. The molecule has 2 rings (SSSR count). The summed E-state index contributed by atoms with van der Waals surface area (Å²) in [6, 6.07) is 9.57. The Bertz CT molecular complexity index is 473. The molecule has 1 heterocycles. The number of benzene rings is 1. The molecule has 0 N–H and O–H groups in total. The summed E-state index contributed by atoms with van der Waals surface area (Å²) in [5, 5.41) is 0.298. The maximum absolute atomic E-state index is 11.7. The zero-order valence-corrected chi connectivity index (χ0v) is 10.2. The summed E-state index contributed by atoms with van der Waals surface area (Å²) in [5.41, 5.74) is 0.994. The molecule has 1 aliphatic heterocycles. The van der Waals surface area contributed by atoms with Crippen LogP contribution < -0.4 is 0 Å². The fourth-order valence-corrected chi connectivity index (χ4v) is 2.07. The molecule has 5 heteroatoms. The summed E-state index contributed by atoms with van der Waals surface area (Å²) in [6.45, 7) is 1.88. The van der Waals surface area contributed by atoms with E-state index in [1.165, 1.54) is 16.7 Å². The standard InChI is InChI=1S/C12H12N2O2S/c1-9(15)13-8-11(16)14(12(13)17)7-10-5-3-2-4-6-10/h2-6H,7-8H2,1H3. The van der Waals surface area contributed by atoms with Crippen LogP contribution in [0.15, 0.2) is 30.3 Å². The van der Waals surface area contributed by atoms with E-state index < -0.39 is 0 Å². The Morgan fingerprint density at radius 3 is 2.53 bits per heavy atom. The molecule has 2 amide bonds. The number of rotatable bonds is 2. The van der Waals surface area contributed by atoms with Crippen molar-refractivity contribution in [1.82, 2.24) is 9.80 Å². The first-order valence-corrected chi connectivity index (χ1v) is 5.67. The smallest absolute Gasteiger partial charge is 0.249 e. The maximum atomic E-state index is 11.7. The van der Waals surface area contributed by atoms with Crippen LogP contribution in [0.5, 0.6) is 0 Å². The first-order chi connectivity index (χ1) is 8.09. The summed E-state index contributed by atoms with van der Waals surface area (Å²) in [5.74, 6) is -0.326. The molecule has 17 heavy (non-hydrogen) atoms. The molecule has 0 saturated carbocycles. The highest BCUT2D eigenvalue weighted by atomic mass is 32.1. The van der Waals surface area contributed by atoms with Crippen molar-refractivity contribution in [3.05, 3.63) is 35.9 Å². The van der Waals surface area contributed by atoms with E-state index in [0.717, 1.165) is 5.56 Å². The molecule has 1 fully saturated rings. The molecule has 0 bridgehead atoms.